The van der Waals surface area contributed by atoms with E-state index in [1.54, 1.807) is 0 Å². The third-order valence-corrected chi connectivity index (χ3v) is 6.15. The molecule has 0 aromatic heterocycles. The van der Waals surface area contributed by atoms with Crippen molar-refractivity contribution in [2.75, 3.05) is 13.1 Å². The van der Waals surface area contributed by atoms with Gasteiger partial charge in [0.1, 0.15) is 0 Å². The average molecular weight is 272 g/mol. The maximum absolute atomic E-state index is 12.3. The summed E-state index contributed by atoms with van der Waals surface area (Å²) in [6.45, 7) is 10.7. The molecule has 1 spiro atoms. The largest absolute Gasteiger partial charge is 0.317 e. The van der Waals surface area contributed by atoms with E-state index in [0.717, 1.165) is 19.0 Å². The Hall–Kier alpha value is 0.0700. The Morgan fingerprint density at radius 2 is 1.89 bits per heavy atom. The number of piperidine rings is 1. The van der Waals surface area contributed by atoms with Crippen molar-refractivity contribution in [1.29, 1.82) is 0 Å². The normalized spacial score (nSPS) is 33.8. The third kappa shape index (κ3) is 2.97. The standard InChI is InChI=1S/C14H28N2OS/c1-11-9-12(16-18(17)13(2,3)4)14(10-11)5-7-15-8-6-14/h11-12,15-16H,5-10H2,1-4H3/t11-,12-,18-/m1/s1. The van der Waals surface area contributed by atoms with E-state index in [4.69, 9.17) is 0 Å². The summed E-state index contributed by atoms with van der Waals surface area (Å²) >= 11 is 0. The van der Waals surface area contributed by atoms with Crippen LogP contribution in [0.4, 0.5) is 0 Å². The molecule has 2 rings (SSSR count). The molecular weight excluding hydrogens is 244 g/mol. The van der Waals surface area contributed by atoms with Gasteiger partial charge in [-0.25, -0.2) is 8.93 Å². The van der Waals surface area contributed by atoms with Crippen molar-refractivity contribution in [1.82, 2.24) is 10.0 Å². The summed E-state index contributed by atoms with van der Waals surface area (Å²) in [5.74, 6) is 0.762. The van der Waals surface area contributed by atoms with Gasteiger partial charge in [0.05, 0.1) is 15.7 Å². The van der Waals surface area contributed by atoms with Crippen LogP contribution < -0.4 is 10.0 Å². The molecule has 1 saturated heterocycles. The summed E-state index contributed by atoms with van der Waals surface area (Å²) in [5, 5.41) is 3.45. The first kappa shape index (κ1) is 14.5. The van der Waals surface area contributed by atoms with Crippen LogP contribution in [0.15, 0.2) is 0 Å². The molecule has 1 aliphatic heterocycles. The van der Waals surface area contributed by atoms with Gasteiger partial charge in [0, 0.05) is 6.04 Å². The highest BCUT2D eigenvalue weighted by molar-refractivity contribution is 7.84. The van der Waals surface area contributed by atoms with Crippen LogP contribution in [0, 0.1) is 11.3 Å². The fourth-order valence-electron chi connectivity index (χ4n) is 3.53. The molecule has 0 unspecified atom stereocenters. The predicted octanol–water partition coefficient (Wildman–Crippen LogP) is 2.21. The Morgan fingerprint density at radius 1 is 1.28 bits per heavy atom. The maximum Gasteiger partial charge on any atom is 0.0972 e. The van der Waals surface area contributed by atoms with Crippen molar-refractivity contribution in [2.45, 2.75) is 64.2 Å². The minimum absolute atomic E-state index is 0.167. The highest BCUT2D eigenvalue weighted by Gasteiger charge is 2.47. The van der Waals surface area contributed by atoms with Crippen LogP contribution >= 0.6 is 0 Å². The van der Waals surface area contributed by atoms with E-state index < -0.39 is 11.0 Å². The zero-order valence-corrected chi connectivity index (χ0v) is 13.0. The van der Waals surface area contributed by atoms with E-state index in [-0.39, 0.29) is 4.75 Å². The maximum atomic E-state index is 12.3. The molecule has 2 aliphatic rings. The predicted molar refractivity (Wildman–Crippen MR) is 77.8 cm³/mol. The SMILES string of the molecule is C[C@@H]1C[C@@H](N[S@](=O)C(C)(C)C)C2(CCNCC2)C1. The number of rotatable bonds is 2. The highest BCUT2D eigenvalue weighted by Crippen LogP contribution is 2.48. The molecular formula is C14H28N2OS. The summed E-state index contributed by atoms with van der Waals surface area (Å²) in [7, 11) is -0.940. The Bertz CT molecular complexity index is 318. The van der Waals surface area contributed by atoms with Crippen LogP contribution in [0.3, 0.4) is 0 Å². The molecule has 3 atom stereocenters. The molecule has 0 aromatic rings. The van der Waals surface area contributed by atoms with Gasteiger partial charge in [-0.15, -0.1) is 0 Å². The highest BCUT2D eigenvalue weighted by atomic mass is 32.2. The zero-order valence-electron chi connectivity index (χ0n) is 12.2. The molecule has 0 amide bonds. The zero-order chi connectivity index (χ0) is 13.4. The van der Waals surface area contributed by atoms with Gasteiger partial charge in [-0.05, 0) is 70.9 Å². The lowest BCUT2D eigenvalue weighted by Crippen LogP contribution is -2.50. The Kier molecular flexibility index (Phi) is 4.20. The Morgan fingerprint density at radius 3 is 2.44 bits per heavy atom. The van der Waals surface area contributed by atoms with Crippen molar-refractivity contribution in [3.8, 4) is 0 Å². The number of hydrogen-bond acceptors (Lipinski definition) is 2. The van der Waals surface area contributed by atoms with Gasteiger partial charge in [0.25, 0.3) is 0 Å². The van der Waals surface area contributed by atoms with Crippen molar-refractivity contribution >= 4 is 11.0 Å². The summed E-state index contributed by atoms with van der Waals surface area (Å²) in [5.41, 5.74) is 0.394. The van der Waals surface area contributed by atoms with Crippen molar-refractivity contribution in [3.05, 3.63) is 0 Å². The van der Waals surface area contributed by atoms with E-state index in [0.29, 0.717) is 11.5 Å². The van der Waals surface area contributed by atoms with Gasteiger partial charge in [0.2, 0.25) is 0 Å². The first-order valence-corrected chi connectivity index (χ1v) is 8.37. The number of nitrogens with one attached hydrogen (secondary N) is 2. The van der Waals surface area contributed by atoms with Gasteiger partial charge < -0.3 is 5.32 Å². The summed E-state index contributed by atoms with van der Waals surface area (Å²) in [6, 6.07) is 0.439. The molecule has 0 aromatic carbocycles. The fourth-order valence-corrected chi connectivity index (χ4v) is 4.49. The number of hydrogen-bond donors (Lipinski definition) is 2. The van der Waals surface area contributed by atoms with Crippen molar-refractivity contribution < 1.29 is 4.21 Å². The second-order valence-corrected chi connectivity index (χ2v) is 9.21. The quantitative estimate of drug-likeness (QED) is 0.809. The lowest BCUT2D eigenvalue weighted by molar-refractivity contribution is 0.171. The van der Waals surface area contributed by atoms with Crippen LogP contribution in [0.1, 0.15) is 53.4 Å². The van der Waals surface area contributed by atoms with Crippen LogP contribution in [-0.4, -0.2) is 28.1 Å². The van der Waals surface area contributed by atoms with Crippen molar-refractivity contribution in [3.63, 3.8) is 0 Å². The Labute approximate surface area is 114 Å². The van der Waals surface area contributed by atoms with Gasteiger partial charge >= 0.3 is 0 Å². The molecule has 2 fully saturated rings. The first-order chi connectivity index (χ1) is 8.33. The van der Waals surface area contributed by atoms with Gasteiger partial charge in [-0.1, -0.05) is 6.92 Å². The molecule has 4 heteroatoms. The van der Waals surface area contributed by atoms with E-state index in [1.807, 2.05) is 20.8 Å². The molecule has 18 heavy (non-hydrogen) atoms. The second kappa shape index (κ2) is 5.22. The molecule has 2 N–H and O–H groups in total. The first-order valence-electron chi connectivity index (χ1n) is 7.22. The van der Waals surface area contributed by atoms with Gasteiger partial charge in [-0.3, -0.25) is 0 Å². The Balaban J connectivity index is 2.08. The molecule has 0 radical (unpaired) electrons. The van der Waals surface area contributed by atoms with Gasteiger partial charge in [0.15, 0.2) is 0 Å². The lowest BCUT2D eigenvalue weighted by atomic mass is 9.74. The van der Waals surface area contributed by atoms with E-state index in [1.165, 1.54) is 25.7 Å². The molecule has 1 heterocycles. The minimum Gasteiger partial charge on any atom is -0.317 e. The topological polar surface area (TPSA) is 41.1 Å². The van der Waals surface area contributed by atoms with Gasteiger partial charge in [-0.2, -0.15) is 0 Å². The van der Waals surface area contributed by atoms with E-state index >= 15 is 0 Å². The minimum atomic E-state index is -0.940. The molecule has 3 nitrogen and oxygen atoms in total. The second-order valence-electron chi connectivity index (χ2n) is 7.21. The van der Waals surface area contributed by atoms with Crippen LogP contribution in [0.5, 0.6) is 0 Å². The van der Waals surface area contributed by atoms with Crippen LogP contribution in [0.25, 0.3) is 0 Å². The summed E-state index contributed by atoms with van der Waals surface area (Å²) < 4.78 is 15.6. The third-order valence-electron chi connectivity index (χ3n) is 4.54. The summed E-state index contributed by atoms with van der Waals surface area (Å²) in [4.78, 5) is 0. The monoisotopic (exact) mass is 272 g/mol. The summed E-state index contributed by atoms with van der Waals surface area (Å²) in [6.07, 6.45) is 4.95. The average Bonchev–Trinajstić information content (AvgIpc) is 2.54. The van der Waals surface area contributed by atoms with Crippen LogP contribution in [-0.2, 0) is 11.0 Å². The molecule has 1 saturated carbocycles. The van der Waals surface area contributed by atoms with Crippen LogP contribution in [0.2, 0.25) is 0 Å². The molecule has 0 bridgehead atoms. The van der Waals surface area contributed by atoms with Crippen molar-refractivity contribution in [2.24, 2.45) is 11.3 Å². The molecule has 106 valence electrons. The smallest absolute Gasteiger partial charge is 0.0972 e. The van der Waals surface area contributed by atoms with E-state index in [2.05, 4.69) is 17.0 Å². The lowest BCUT2D eigenvalue weighted by Gasteiger charge is -2.40. The van der Waals surface area contributed by atoms with E-state index in [9.17, 15) is 4.21 Å². The molecule has 1 aliphatic carbocycles. The fraction of sp³-hybridized carbons (Fsp3) is 1.00.